The molecule has 0 fully saturated rings. The quantitative estimate of drug-likeness (QED) is 0.400. The Morgan fingerprint density at radius 1 is 1.38 bits per heavy atom. The summed E-state index contributed by atoms with van der Waals surface area (Å²) in [6.45, 7) is 0. The zero-order valence-corrected chi connectivity index (χ0v) is 6.71. The molecule has 0 aliphatic heterocycles. The zero-order chi connectivity index (χ0) is 9.68. The van der Waals surface area contributed by atoms with Crippen LogP contribution in [0.5, 0.6) is 0 Å². The van der Waals surface area contributed by atoms with E-state index in [0.29, 0.717) is 5.56 Å². The number of benzene rings is 1. The van der Waals surface area contributed by atoms with Gasteiger partial charge in [0, 0.05) is 6.42 Å². The van der Waals surface area contributed by atoms with Crippen LogP contribution in [0.15, 0.2) is 29.3 Å². The minimum Gasteiger partial charge on any atom is -0.221 e. The second kappa shape index (κ2) is 4.48. The van der Waals surface area contributed by atoms with Crippen LogP contribution in [-0.2, 0) is 11.2 Å². The Hall–Kier alpha value is -1.54. The average Bonchev–Trinajstić information content (AvgIpc) is 2.09. The van der Waals surface area contributed by atoms with E-state index in [1.165, 1.54) is 24.3 Å². The lowest BCUT2D eigenvalue weighted by molar-refractivity contribution is 0.343. The van der Waals surface area contributed by atoms with Crippen molar-refractivity contribution in [2.45, 2.75) is 12.7 Å². The molecule has 0 heterocycles. The summed E-state index contributed by atoms with van der Waals surface area (Å²) in [5, 5.41) is 0. The van der Waals surface area contributed by atoms with Gasteiger partial charge in [0.25, 0.3) is 0 Å². The van der Waals surface area contributed by atoms with Gasteiger partial charge in [0.15, 0.2) is 0 Å². The monoisotopic (exact) mass is 183 g/mol. The van der Waals surface area contributed by atoms with Crippen molar-refractivity contribution in [3.63, 3.8) is 0 Å². The van der Waals surface area contributed by atoms with Crippen LogP contribution in [0.1, 0.15) is 5.56 Å². The molecule has 4 heteroatoms. The maximum Gasteiger partial charge on any atom is 0.237 e. The van der Waals surface area contributed by atoms with Gasteiger partial charge in [-0.05, 0) is 17.7 Å². The predicted octanol–water partition coefficient (Wildman–Crippen LogP) is 2.00. The van der Waals surface area contributed by atoms with Crippen molar-refractivity contribution in [2.75, 3.05) is 0 Å². The van der Waals surface area contributed by atoms with Crippen LogP contribution in [0.25, 0.3) is 0 Å². The van der Waals surface area contributed by atoms with Crippen molar-refractivity contribution in [2.24, 2.45) is 4.99 Å². The number of aliphatic imine (C=N–C) groups is 1. The zero-order valence-electron chi connectivity index (χ0n) is 6.71. The molecule has 0 saturated heterocycles. The Bertz CT molecular complexity index is 317. The van der Waals surface area contributed by atoms with Gasteiger partial charge < -0.3 is 0 Å². The van der Waals surface area contributed by atoms with Gasteiger partial charge in [-0.3, -0.25) is 0 Å². The summed E-state index contributed by atoms with van der Waals surface area (Å²) in [5.41, 5.74) is 0.591. The molecular weight excluding hydrogens is 176 g/mol. The fraction of sp³-hybridized carbons (Fsp3) is 0.222. The Balaban J connectivity index is 2.64. The fourth-order valence-corrected chi connectivity index (χ4v) is 0.918. The predicted molar refractivity (Wildman–Crippen MR) is 43.1 cm³/mol. The van der Waals surface area contributed by atoms with E-state index in [4.69, 9.17) is 0 Å². The first-order valence-electron chi connectivity index (χ1n) is 3.68. The molecular formula is C9H7F2NO. The number of hydrogen-bond acceptors (Lipinski definition) is 2. The average molecular weight is 183 g/mol. The number of isocyanates is 1. The summed E-state index contributed by atoms with van der Waals surface area (Å²) in [7, 11) is 0. The third-order valence-corrected chi connectivity index (χ3v) is 1.51. The van der Waals surface area contributed by atoms with Crippen molar-refractivity contribution < 1.29 is 13.6 Å². The second-order valence-corrected chi connectivity index (χ2v) is 2.49. The number of rotatable bonds is 3. The van der Waals surface area contributed by atoms with Crippen LogP contribution in [0.4, 0.5) is 8.78 Å². The largest absolute Gasteiger partial charge is 0.237 e. The first-order valence-corrected chi connectivity index (χ1v) is 3.68. The normalized spacial score (nSPS) is 11.8. The van der Waals surface area contributed by atoms with Gasteiger partial charge in [-0.15, -0.1) is 0 Å². The highest BCUT2D eigenvalue weighted by molar-refractivity contribution is 5.33. The highest BCUT2D eigenvalue weighted by Crippen LogP contribution is 2.07. The van der Waals surface area contributed by atoms with E-state index >= 15 is 0 Å². The van der Waals surface area contributed by atoms with Crippen molar-refractivity contribution >= 4 is 6.08 Å². The van der Waals surface area contributed by atoms with Crippen LogP contribution in [0.2, 0.25) is 0 Å². The molecule has 0 aromatic heterocycles. The van der Waals surface area contributed by atoms with Gasteiger partial charge in [-0.2, -0.15) is 4.99 Å². The third-order valence-electron chi connectivity index (χ3n) is 1.51. The molecule has 1 aromatic rings. The molecule has 1 rings (SSSR count). The smallest absolute Gasteiger partial charge is 0.221 e. The minimum absolute atomic E-state index is 0.0322. The molecule has 1 atom stereocenters. The highest BCUT2D eigenvalue weighted by Gasteiger charge is 2.04. The first-order chi connectivity index (χ1) is 6.22. The van der Waals surface area contributed by atoms with Gasteiger partial charge in [-0.25, -0.2) is 13.6 Å². The van der Waals surface area contributed by atoms with Crippen molar-refractivity contribution in [1.82, 2.24) is 0 Å². The summed E-state index contributed by atoms with van der Waals surface area (Å²) >= 11 is 0. The van der Waals surface area contributed by atoms with E-state index in [9.17, 15) is 13.6 Å². The summed E-state index contributed by atoms with van der Waals surface area (Å²) < 4.78 is 25.1. The topological polar surface area (TPSA) is 29.4 Å². The SMILES string of the molecule is O=C=NC(F)Cc1ccc(F)cc1. The van der Waals surface area contributed by atoms with Crippen LogP contribution < -0.4 is 0 Å². The highest BCUT2D eigenvalue weighted by atomic mass is 19.1. The van der Waals surface area contributed by atoms with Gasteiger partial charge in [0.05, 0.1) is 0 Å². The maximum atomic E-state index is 12.7. The summed E-state index contributed by atoms with van der Waals surface area (Å²) in [6, 6.07) is 5.35. The van der Waals surface area contributed by atoms with E-state index in [-0.39, 0.29) is 12.2 Å². The number of nitrogens with zero attached hydrogens (tertiary/aromatic N) is 1. The van der Waals surface area contributed by atoms with E-state index in [1.807, 2.05) is 0 Å². The van der Waals surface area contributed by atoms with Crippen LogP contribution in [-0.4, -0.2) is 12.4 Å². The molecule has 13 heavy (non-hydrogen) atoms. The Kier molecular flexibility index (Phi) is 3.29. The standard InChI is InChI=1S/C9H7F2NO/c10-8-3-1-7(2-4-8)5-9(11)12-6-13/h1-4,9H,5H2. The summed E-state index contributed by atoms with van der Waals surface area (Å²) in [5.74, 6) is -0.377. The number of halogens is 2. The van der Waals surface area contributed by atoms with Gasteiger partial charge in [0.1, 0.15) is 5.82 Å². The van der Waals surface area contributed by atoms with Crippen LogP contribution in [0.3, 0.4) is 0 Å². The van der Waals surface area contributed by atoms with E-state index < -0.39 is 6.30 Å². The lowest BCUT2D eigenvalue weighted by atomic mass is 10.1. The maximum absolute atomic E-state index is 12.7. The van der Waals surface area contributed by atoms with Gasteiger partial charge >= 0.3 is 0 Å². The molecule has 0 radical (unpaired) electrons. The molecule has 68 valence electrons. The molecule has 0 N–H and O–H groups in total. The molecule has 2 nitrogen and oxygen atoms in total. The fourth-order valence-electron chi connectivity index (χ4n) is 0.918. The number of alkyl halides is 1. The van der Waals surface area contributed by atoms with Crippen molar-refractivity contribution in [3.05, 3.63) is 35.6 Å². The Labute approximate surface area is 73.9 Å². The molecule has 0 saturated carbocycles. The molecule has 0 aliphatic carbocycles. The second-order valence-electron chi connectivity index (χ2n) is 2.49. The van der Waals surface area contributed by atoms with Crippen molar-refractivity contribution in [1.29, 1.82) is 0 Å². The van der Waals surface area contributed by atoms with E-state index in [1.54, 1.807) is 0 Å². The van der Waals surface area contributed by atoms with Gasteiger partial charge in [0.2, 0.25) is 12.4 Å². The van der Waals surface area contributed by atoms with E-state index in [0.717, 1.165) is 6.08 Å². The van der Waals surface area contributed by atoms with Crippen LogP contribution >= 0.6 is 0 Å². The molecule has 0 aliphatic rings. The molecule has 0 amide bonds. The Morgan fingerprint density at radius 3 is 2.54 bits per heavy atom. The molecule has 0 bridgehead atoms. The van der Waals surface area contributed by atoms with Crippen molar-refractivity contribution in [3.8, 4) is 0 Å². The number of carbonyl (C=O) groups excluding carboxylic acids is 1. The third kappa shape index (κ3) is 3.13. The lowest BCUT2D eigenvalue weighted by Crippen LogP contribution is -2.00. The summed E-state index contributed by atoms with van der Waals surface area (Å²) in [6.07, 6.45) is -0.502. The van der Waals surface area contributed by atoms with E-state index in [2.05, 4.69) is 4.99 Å². The molecule has 0 spiro atoms. The van der Waals surface area contributed by atoms with Gasteiger partial charge in [-0.1, -0.05) is 12.1 Å². The Morgan fingerprint density at radius 2 is 2.00 bits per heavy atom. The molecule has 1 unspecified atom stereocenters. The minimum atomic E-state index is -1.59. The van der Waals surface area contributed by atoms with Crippen LogP contribution in [0, 0.1) is 5.82 Å². The lowest BCUT2D eigenvalue weighted by Gasteiger charge is -2.00. The molecule has 1 aromatic carbocycles. The summed E-state index contributed by atoms with van der Waals surface area (Å²) in [4.78, 5) is 12.5. The number of hydrogen-bond donors (Lipinski definition) is 0. The first kappa shape index (κ1) is 9.55.